The minimum Gasteiger partial charge on any atom is -0.483 e. The van der Waals surface area contributed by atoms with E-state index in [1.807, 2.05) is 66.9 Å². The number of hydrogen-bond acceptors (Lipinski definition) is 5. The average Bonchev–Trinajstić information content (AvgIpc) is 3.10. The van der Waals surface area contributed by atoms with Crippen LogP contribution < -0.4 is 15.3 Å². The molecular weight excluding hydrogens is 452 g/mol. The lowest BCUT2D eigenvalue weighted by atomic mass is 10.1. The number of fused-ring (bicyclic) bond motifs is 1. The largest absolute Gasteiger partial charge is 0.483 e. The van der Waals surface area contributed by atoms with Gasteiger partial charge in [0.2, 0.25) is 10.0 Å². The molecule has 0 unspecified atom stereocenters. The van der Waals surface area contributed by atoms with E-state index in [1.165, 1.54) is 12.1 Å². The molecule has 0 saturated carbocycles. The highest BCUT2D eigenvalue weighted by Crippen LogP contribution is 2.25. The molecule has 0 aliphatic carbocycles. The van der Waals surface area contributed by atoms with E-state index in [2.05, 4.69) is 10.5 Å². The van der Waals surface area contributed by atoms with Crippen LogP contribution >= 0.6 is 0 Å². The molecule has 9 heteroatoms. The molecule has 4 aromatic rings. The van der Waals surface area contributed by atoms with Crippen molar-refractivity contribution in [3.63, 3.8) is 0 Å². The normalized spacial score (nSPS) is 11.7. The highest BCUT2D eigenvalue weighted by Gasteiger charge is 2.12. The number of aromatic nitrogens is 1. The van der Waals surface area contributed by atoms with Gasteiger partial charge in [-0.15, -0.1) is 0 Å². The van der Waals surface area contributed by atoms with Crippen LogP contribution in [0.3, 0.4) is 0 Å². The number of primary sulfonamides is 1. The predicted molar refractivity (Wildman–Crippen MR) is 132 cm³/mol. The van der Waals surface area contributed by atoms with Gasteiger partial charge in [0.05, 0.1) is 11.1 Å². The van der Waals surface area contributed by atoms with E-state index in [-0.39, 0.29) is 17.4 Å². The molecule has 0 aliphatic rings. The van der Waals surface area contributed by atoms with Gasteiger partial charge in [0, 0.05) is 28.0 Å². The van der Waals surface area contributed by atoms with Gasteiger partial charge in [-0.25, -0.2) is 19.0 Å². The van der Waals surface area contributed by atoms with E-state index < -0.39 is 10.0 Å². The smallest absolute Gasteiger partial charge is 0.277 e. The van der Waals surface area contributed by atoms with Crippen LogP contribution in [0.4, 0.5) is 0 Å². The molecular formula is C25H24N4O4S. The summed E-state index contributed by atoms with van der Waals surface area (Å²) in [6.07, 6.45) is 1.56. The monoisotopic (exact) mass is 476 g/mol. The standard InChI is InChI=1S/C25H24N4O4S/c1-17-14-20(18(2)29(17)21-10-12-22(13-11-21)34(26,31)32)15-27-28-25(30)16-33-24-9-5-7-19-6-3-4-8-23(19)24/h3-15H,16H2,1-2H3,(H,28,30)(H2,26,31,32)/b27-15+. The molecule has 3 N–H and O–H groups in total. The van der Waals surface area contributed by atoms with Crippen molar-refractivity contribution in [2.24, 2.45) is 10.2 Å². The molecule has 1 amide bonds. The topological polar surface area (TPSA) is 116 Å². The fourth-order valence-corrected chi connectivity index (χ4v) is 4.29. The molecule has 34 heavy (non-hydrogen) atoms. The Kier molecular flexibility index (Phi) is 6.49. The quantitative estimate of drug-likeness (QED) is 0.314. The third-order valence-electron chi connectivity index (χ3n) is 5.40. The number of carbonyl (C=O) groups excluding carboxylic acids is 1. The number of hydrazone groups is 1. The Morgan fingerprint density at radius 3 is 2.50 bits per heavy atom. The summed E-state index contributed by atoms with van der Waals surface area (Å²) in [4.78, 5) is 12.3. The molecule has 0 bridgehead atoms. The van der Waals surface area contributed by atoms with Crippen molar-refractivity contribution < 1.29 is 17.9 Å². The van der Waals surface area contributed by atoms with Crippen molar-refractivity contribution in [1.29, 1.82) is 0 Å². The Labute approximate surface area is 197 Å². The average molecular weight is 477 g/mol. The molecule has 0 fully saturated rings. The van der Waals surface area contributed by atoms with E-state index in [1.54, 1.807) is 18.3 Å². The van der Waals surface area contributed by atoms with E-state index in [0.29, 0.717) is 5.75 Å². The second-order valence-electron chi connectivity index (χ2n) is 7.76. The van der Waals surface area contributed by atoms with Gasteiger partial charge in [0.25, 0.3) is 5.91 Å². The summed E-state index contributed by atoms with van der Waals surface area (Å²) in [5.41, 5.74) is 5.88. The predicted octanol–water partition coefficient (Wildman–Crippen LogP) is 3.42. The molecule has 8 nitrogen and oxygen atoms in total. The van der Waals surface area contributed by atoms with Gasteiger partial charge in [-0.3, -0.25) is 4.79 Å². The molecule has 1 heterocycles. The van der Waals surface area contributed by atoms with Gasteiger partial charge in [-0.05, 0) is 55.6 Å². The second-order valence-corrected chi connectivity index (χ2v) is 9.32. The molecule has 0 saturated heterocycles. The number of amides is 1. The highest BCUT2D eigenvalue weighted by atomic mass is 32.2. The van der Waals surface area contributed by atoms with Crippen LogP contribution in [0.1, 0.15) is 17.0 Å². The fraction of sp³-hybridized carbons (Fsp3) is 0.120. The van der Waals surface area contributed by atoms with Crippen LogP contribution in [0, 0.1) is 13.8 Å². The minimum absolute atomic E-state index is 0.0499. The Morgan fingerprint density at radius 1 is 1.06 bits per heavy atom. The summed E-state index contributed by atoms with van der Waals surface area (Å²) in [7, 11) is -3.75. The van der Waals surface area contributed by atoms with Gasteiger partial charge in [0.1, 0.15) is 5.75 Å². The maximum atomic E-state index is 12.2. The van der Waals surface area contributed by atoms with E-state index in [9.17, 15) is 13.2 Å². The van der Waals surface area contributed by atoms with Crippen LogP contribution in [0.25, 0.3) is 16.5 Å². The number of carbonyl (C=O) groups is 1. The van der Waals surface area contributed by atoms with E-state index >= 15 is 0 Å². The summed E-state index contributed by atoms with van der Waals surface area (Å²) in [6, 6.07) is 21.7. The minimum atomic E-state index is -3.75. The zero-order valence-corrected chi connectivity index (χ0v) is 19.5. The zero-order valence-electron chi connectivity index (χ0n) is 18.7. The van der Waals surface area contributed by atoms with Gasteiger partial charge in [0.15, 0.2) is 6.61 Å². The number of ether oxygens (including phenoxy) is 1. The number of benzene rings is 3. The number of sulfonamides is 1. The lowest BCUT2D eigenvalue weighted by molar-refractivity contribution is -0.123. The first kappa shape index (κ1) is 23.2. The first-order valence-corrected chi connectivity index (χ1v) is 12.0. The third kappa shape index (κ3) is 5.00. The second kappa shape index (κ2) is 9.50. The van der Waals surface area contributed by atoms with Crippen LogP contribution in [0.15, 0.2) is 82.8 Å². The summed E-state index contributed by atoms with van der Waals surface area (Å²) in [5, 5.41) is 11.2. The molecule has 0 radical (unpaired) electrons. The van der Waals surface area contributed by atoms with Crippen molar-refractivity contribution >= 4 is 32.9 Å². The number of rotatable bonds is 7. The maximum absolute atomic E-state index is 12.2. The van der Waals surface area contributed by atoms with Gasteiger partial charge < -0.3 is 9.30 Å². The number of nitrogens with one attached hydrogen (secondary N) is 1. The van der Waals surface area contributed by atoms with E-state index in [0.717, 1.165) is 33.4 Å². The Morgan fingerprint density at radius 2 is 1.76 bits per heavy atom. The number of nitrogens with two attached hydrogens (primary N) is 1. The Hall–Kier alpha value is -3.95. The zero-order chi connectivity index (χ0) is 24.3. The third-order valence-corrected chi connectivity index (χ3v) is 6.32. The number of hydrogen-bond donors (Lipinski definition) is 2. The molecule has 0 atom stereocenters. The molecule has 174 valence electrons. The number of aryl methyl sites for hydroxylation is 1. The van der Waals surface area contributed by atoms with Crippen molar-refractivity contribution in [3.8, 4) is 11.4 Å². The first-order chi connectivity index (χ1) is 16.2. The summed E-state index contributed by atoms with van der Waals surface area (Å²) < 4.78 is 30.6. The van der Waals surface area contributed by atoms with Gasteiger partial charge in [-0.2, -0.15) is 5.10 Å². The van der Waals surface area contributed by atoms with E-state index in [4.69, 9.17) is 9.88 Å². The summed E-state index contributed by atoms with van der Waals surface area (Å²) in [6.45, 7) is 3.67. The van der Waals surface area contributed by atoms with Crippen molar-refractivity contribution in [1.82, 2.24) is 9.99 Å². The molecule has 4 rings (SSSR count). The summed E-state index contributed by atoms with van der Waals surface area (Å²) >= 11 is 0. The first-order valence-electron chi connectivity index (χ1n) is 10.5. The number of nitrogens with zero attached hydrogens (tertiary/aromatic N) is 2. The summed E-state index contributed by atoms with van der Waals surface area (Å²) in [5.74, 6) is 0.255. The van der Waals surface area contributed by atoms with Crippen LogP contribution in [0.5, 0.6) is 5.75 Å². The fourth-order valence-electron chi connectivity index (χ4n) is 3.77. The molecule has 0 aliphatic heterocycles. The van der Waals surface area contributed by atoms with Crippen LogP contribution in [-0.2, 0) is 14.8 Å². The SMILES string of the molecule is Cc1cc(/C=N/NC(=O)COc2cccc3ccccc23)c(C)n1-c1ccc(S(N)(=O)=O)cc1. The maximum Gasteiger partial charge on any atom is 0.277 e. The lowest BCUT2D eigenvalue weighted by Gasteiger charge is -2.10. The highest BCUT2D eigenvalue weighted by molar-refractivity contribution is 7.89. The van der Waals surface area contributed by atoms with Gasteiger partial charge in [-0.1, -0.05) is 36.4 Å². The van der Waals surface area contributed by atoms with Crippen molar-refractivity contribution in [2.45, 2.75) is 18.7 Å². The van der Waals surface area contributed by atoms with Gasteiger partial charge >= 0.3 is 0 Å². The van der Waals surface area contributed by atoms with Crippen LogP contribution in [-0.4, -0.2) is 31.7 Å². The van der Waals surface area contributed by atoms with Crippen LogP contribution in [0.2, 0.25) is 0 Å². The Balaban J connectivity index is 1.41. The van der Waals surface area contributed by atoms with Crippen molar-refractivity contribution in [3.05, 3.63) is 89.7 Å². The van der Waals surface area contributed by atoms with Crippen molar-refractivity contribution in [2.75, 3.05) is 6.61 Å². The lowest BCUT2D eigenvalue weighted by Crippen LogP contribution is -2.24. The molecule has 1 aromatic heterocycles. The Bertz CT molecular complexity index is 1480. The molecule has 3 aromatic carbocycles. The molecule has 0 spiro atoms.